The van der Waals surface area contributed by atoms with Gasteiger partial charge in [-0.15, -0.1) is 0 Å². The van der Waals surface area contributed by atoms with Crippen molar-refractivity contribution in [2.45, 2.75) is 136 Å². The number of ether oxygens (including phenoxy) is 10. The van der Waals surface area contributed by atoms with E-state index >= 15 is 0 Å². The minimum absolute atomic E-state index is 0.142. The predicted octanol–water partition coefficient (Wildman–Crippen LogP) is 8.13. The lowest BCUT2D eigenvalue weighted by atomic mass is 10.0. The van der Waals surface area contributed by atoms with E-state index in [0.29, 0.717) is 125 Å². The first-order chi connectivity index (χ1) is 25.8. The zero-order valence-electron chi connectivity index (χ0n) is 33.9. The second kappa shape index (κ2) is 48.1. The third-order valence-electron chi connectivity index (χ3n) is 8.34. The fourth-order valence-electron chi connectivity index (χ4n) is 5.24. The van der Waals surface area contributed by atoms with Crippen LogP contribution in [-0.4, -0.2) is 132 Å². The highest BCUT2D eigenvalue weighted by Crippen LogP contribution is 2.12. The van der Waals surface area contributed by atoms with Crippen LogP contribution in [0.4, 0.5) is 0 Å². The largest absolute Gasteiger partial charge is 0.463 e. The van der Waals surface area contributed by atoms with Gasteiger partial charge in [-0.05, 0) is 12.8 Å². The molecule has 0 fully saturated rings. The molecule has 11 nitrogen and oxygen atoms in total. The van der Waals surface area contributed by atoms with Gasteiger partial charge in [0.2, 0.25) is 0 Å². The molecule has 52 heavy (non-hydrogen) atoms. The molecule has 0 aromatic heterocycles. The van der Waals surface area contributed by atoms with Gasteiger partial charge in [-0.3, -0.25) is 4.79 Å². The molecule has 312 valence electrons. The van der Waals surface area contributed by atoms with Crippen molar-refractivity contribution in [3.63, 3.8) is 0 Å². The molecule has 0 aliphatic carbocycles. The van der Waals surface area contributed by atoms with E-state index < -0.39 is 0 Å². The summed E-state index contributed by atoms with van der Waals surface area (Å²) in [6.45, 7) is 14.4. The van der Waals surface area contributed by atoms with E-state index in [4.69, 9.17) is 47.4 Å². The van der Waals surface area contributed by atoms with Gasteiger partial charge in [-0.1, -0.05) is 117 Å². The fourth-order valence-corrected chi connectivity index (χ4v) is 5.24. The van der Waals surface area contributed by atoms with Crippen LogP contribution >= 0.6 is 0 Å². The molecule has 0 amide bonds. The number of rotatable bonds is 47. The number of hydrogen-bond acceptors (Lipinski definition) is 11. The Kier molecular flexibility index (Phi) is 47.3. The zero-order valence-corrected chi connectivity index (χ0v) is 33.9. The highest BCUT2D eigenvalue weighted by Gasteiger charge is 2.02. The molecule has 0 heterocycles. The average Bonchev–Trinajstić information content (AvgIpc) is 3.15. The number of carbonyl (C=O) groups excluding carboxylic acids is 1. The predicted molar refractivity (Wildman–Crippen MR) is 207 cm³/mol. The summed E-state index contributed by atoms with van der Waals surface area (Å²) in [7, 11) is 0. The van der Waals surface area contributed by atoms with Gasteiger partial charge < -0.3 is 47.4 Å². The first-order valence-corrected chi connectivity index (χ1v) is 21.2. The Morgan fingerprint density at radius 1 is 0.269 bits per heavy atom. The minimum Gasteiger partial charge on any atom is -0.463 e. The Hall–Kier alpha value is -0.890. The lowest BCUT2D eigenvalue weighted by molar-refractivity contribution is -0.145. The van der Waals surface area contributed by atoms with Gasteiger partial charge in [0.25, 0.3) is 0 Å². The molecule has 0 aliphatic rings. The molecule has 0 N–H and O–H groups in total. The smallest absolute Gasteiger partial charge is 0.305 e. The van der Waals surface area contributed by atoms with Crippen LogP contribution in [0.15, 0.2) is 0 Å². The van der Waals surface area contributed by atoms with E-state index in [0.717, 1.165) is 25.9 Å². The van der Waals surface area contributed by atoms with Crippen LogP contribution in [0.3, 0.4) is 0 Å². The molecule has 0 rings (SSSR count). The van der Waals surface area contributed by atoms with Gasteiger partial charge in [0.1, 0.15) is 6.61 Å². The van der Waals surface area contributed by atoms with Crippen LogP contribution in [0.1, 0.15) is 136 Å². The molecule has 0 atom stereocenters. The maximum atomic E-state index is 11.6. The van der Waals surface area contributed by atoms with Gasteiger partial charge in [0.05, 0.1) is 112 Å². The molecule has 0 aromatic rings. The van der Waals surface area contributed by atoms with Crippen molar-refractivity contribution in [1.29, 1.82) is 0 Å². The summed E-state index contributed by atoms with van der Waals surface area (Å²) in [5, 5.41) is 0. The standard InChI is InChI=1S/C41H82O11/c1-3-5-7-9-10-11-12-13-14-15-16-18-20-22-43-23-24-44-25-26-45-27-28-46-29-30-47-31-32-48-33-34-49-35-36-50-37-38-51-39-40-52-41(42)21-19-17-8-6-4-2/h3-40H2,1-2H3. The quantitative estimate of drug-likeness (QED) is 0.0444. The Morgan fingerprint density at radius 3 is 0.808 bits per heavy atom. The molecular formula is C41H82O11. The molecule has 0 spiro atoms. The summed E-state index contributed by atoms with van der Waals surface area (Å²) >= 11 is 0. The van der Waals surface area contributed by atoms with Crippen LogP contribution < -0.4 is 0 Å². The van der Waals surface area contributed by atoms with E-state index in [-0.39, 0.29) is 5.97 Å². The first-order valence-electron chi connectivity index (χ1n) is 21.2. The van der Waals surface area contributed by atoms with Crippen molar-refractivity contribution in [3.8, 4) is 0 Å². The van der Waals surface area contributed by atoms with E-state index in [2.05, 4.69) is 13.8 Å². The Balaban J connectivity index is 3.08. The number of esters is 1. The van der Waals surface area contributed by atoms with Crippen LogP contribution in [-0.2, 0) is 52.2 Å². The molecule has 0 radical (unpaired) electrons. The second-order valence-electron chi connectivity index (χ2n) is 13.1. The zero-order chi connectivity index (χ0) is 37.5. The summed E-state index contributed by atoms with van der Waals surface area (Å²) in [4.78, 5) is 11.6. The Bertz CT molecular complexity index is 656. The third-order valence-corrected chi connectivity index (χ3v) is 8.34. The molecule has 11 heteroatoms. The lowest BCUT2D eigenvalue weighted by Gasteiger charge is -2.09. The van der Waals surface area contributed by atoms with Crippen molar-refractivity contribution >= 4 is 5.97 Å². The summed E-state index contributed by atoms with van der Waals surface area (Å²) in [5.74, 6) is -0.142. The van der Waals surface area contributed by atoms with Crippen LogP contribution in [0, 0.1) is 0 Å². The number of hydrogen-bond donors (Lipinski definition) is 0. The van der Waals surface area contributed by atoms with E-state index in [1.165, 1.54) is 96.3 Å². The number of carbonyl (C=O) groups is 1. The molecule has 0 aliphatic heterocycles. The maximum Gasteiger partial charge on any atom is 0.305 e. The second-order valence-corrected chi connectivity index (χ2v) is 13.1. The van der Waals surface area contributed by atoms with E-state index in [9.17, 15) is 4.79 Å². The molecule has 0 bridgehead atoms. The van der Waals surface area contributed by atoms with Crippen molar-refractivity contribution in [3.05, 3.63) is 0 Å². The Labute approximate surface area is 319 Å². The third kappa shape index (κ3) is 47.1. The lowest BCUT2D eigenvalue weighted by Crippen LogP contribution is -2.15. The van der Waals surface area contributed by atoms with Crippen LogP contribution in [0.2, 0.25) is 0 Å². The maximum absolute atomic E-state index is 11.6. The van der Waals surface area contributed by atoms with Crippen LogP contribution in [0.5, 0.6) is 0 Å². The van der Waals surface area contributed by atoms with Gasteiger partial charge in [0, 0.05) is 13.0 Å². The van der Waals surface area contributed by atoms with Crippen molar-refractivity contribution in [2.24, 2.45) is 0 Å². The average molecular weight is 751 g/mol. The molecule has 0 saturated carbocycles. The number of unbranched alkanes of at least 4 members (excludes halogenated alkanes) is 16. The van der Waals surface area contributed by atoms with Crippen molar-refractivity contribution in [1.82, 2.24) is 0 Å². The monoisotopic (exact) mass is 751 g/mol. The van der Waals surface area contributed by atoms with Gasteiger partial charge in [-0.2, -0.15) is 0 Å². The first kappa shape index (κ1) is 51.1. The van der Waals surface area contributed by atoms with Crippen LogP contribution in [0.25, 0.3) is 0 Å². The van der Waals surface area contributed by atoms with Gasteiger partial charge >= 0.3 is 5.97 Å². The SMILES string of the molecule is CCCCCCCCCCCCCCCOCCOCCOCCOCCOCCOCCOCCOCCOCCOC(=O)CCCCCCC. The normalized spacial score (nSPS) is 11.5. The Morgan fingerprint density at radius 2 is 0.500 bits per heavy atom. The highest BCUT2D eigenvalue weighted by molar-refractivity contribution is 5.69. The molecule has 0 saturated heterocycles. The molecule has 0 aromatic carbocycles. The van der Waals surface area contributed by atoms with Crippen molar-refractivity contribution < 1.29 is 52.2 Å². The van der Waals surface area contributed by atoms with Gasteiger partial charge in [0.15, 0.2) is 0 Å². The van der Waals surface area contributed by atoms with Crippen molar-refractivity contribution in [2.75, 3.05) is 126 Å². The van der Waals surface area contributed by atoms with Gasteiger partial charge in [-0.25, -0.2) is 0 Å². The topological polar surface area (TPSA) is 109 Å². The summed E-state index contributed by atoms with van der Waals surface area (Å²) in [5.41, 5.74) is 0. The molecular weight excluding hydrogens is 668 g/mol. The summed E-state index contributed by atoms with van der Waals surface area (Å²) < 4.78 is 54.9. The fraction of sp³-hybridized carbons (Fsp3) is 0.976. The molecule has 0 unspecified atom stereocenters. The summed E-state index contributed by atoms with van der Waals surface area (Å²) in [6.07, 6.45) is 23.9. The van der Waals surface area contributed by atoms with E-state index in [1.807, 2.05) is 0 Å². The highest BCUT2D eigenvalue weighted by atomic mass is 16.6. The summed E-state index contributed by atoms with van der Waals surface area (Å²) in [6, 6.07) is 0. The van der Waals surface area contributed by atoms with E-state index in [1.54, 1.807) is 0 Å². The minimum atomic E-state index is -0.142.